The fourth-order valence-electron chi connectivity index (χ4n) is 1.27. The summed E-state index contributed by atoms with van der Waals surface area (Å²) >= 11 is 5.28. The molecule has 0 unspecified atom stereocenters. The minimum Gasteiger partial charge on any atom is -0.310 e. The molecule has 1 N–H and O–H groups in total. The van der Waals surface area contributed by atoms with Gasteiger partial charge in [0.25, 0.3) is 0 Å². The monoisotopic (exact) mass is 261 g/mol. The van der Waals surface area contributed by atoms with Crippen LogP contribution in [0.3, 0.4) is 0 Å². The van der Waals surface area contributed by atoms with Gasteiger partial charge in [-0.3, -0.25) is 0 Å². The Labute approximate surface area is 92.7 Å². The molecule has 1 nitrogen and oxygen atoms in total. The summed E-state index contributed by atoms with van der Waals surface area (Å²) in [5.74, 6) is 0. The van der Waals surface area contributed by atoms with Gasteiger partial charge >= 0.3 is 0 Å². The first-order chi connectivity index (χ1) is 6.27. The summed E-state index contributed by atoms with van der Waals surface area (Å²) in [5.41, 5.74) is 1.37. The average molecular weight is 262 g/mol. The van der Waals surface area contributed by atoms with Crippen LogP contribution in [-0.2, 0) is 6.54 Å². The number of hydrogen-bond acceptors (Lipinski definition) is 2. The zero-order valence-corrected chi connectivity index (χ0v) is 10.5. The van der Waals surface area contributed by atoms with Crippen LogP contribution in [0.2, 0.25) is 0 Å². The summed E-state index contributed by atoms with van der Waals surface area (Å²) in [4.78, 5) is 0. The van der Waals surface area contributed by atoms with E-state index in [0.717, 1.165) is 6.54 Å². The number of nitrogens with one attached hydrogen (secondary N) is 1. The van der Waals surface area contributed by atoms with E-state index in [4.69, 9.17) is 0 Å². The third-order valence-electron chi connectivity index (χ3n) is 2.26. The Morgan fingerprint density at radius 1 is 1.38 bits per heavy atom. The average Bonchev–Trinajstić information content (AvgIpc) is 2.54. The molecular weight excluding hydrogens is 246 g/mol. The quantitative estimate of drug-likeness (QED) is 0.851. The van der Waals surface area contributed by atoms with E-state index < -0.39 is 0 Å². The van der Waals surface area contributed by atoms with Crippen molar-refractivity contribution in [2.24, 2.45) is 0 Å². The summed E-state index contributed by atoms with van der Waals surface area (Å²) in [6, 6.07) is 0.659. The molecule has 3 heteroatoms. The third-order valence-corrected chi connectivity index (χ3v) is 4.09. The van der Waals surface area contributed by atoms with Gasteiger partial charge in [-0.15, -0.1) is 0 Å². The molecule has 0 spiro atoms. The summed E-state index contributed by atoms with van der Waals surface area (Å²) in [6.45, 7) is 5.43. The number of hydrogen-bond donors (Lipinski definition) is 1. The first-order valence-electron chi connectivity index (χ1n) is 4.71. The van der Waals surface area contributed by atoms with Crippen molar-refractivity contribution in [2.75, 3.05) is 0 Å². The molecule has 74 valence electrons. The first-order valence-corrected chi connectivity index (χ1v) is 6.45. The van der Waals surface area contributed by atoms with Crippen LogP contribution in [0.15, 0.2) is 15.2 Å². The van der Waals surface area contributed by atoms with E-state index in [-0.39, 0.29) is 0 Å². The highest BCUT2D eigenvalue weighted by Gasteiger charge is 2.04. The van der Waals surface area contributed by atoms with E-state index in [1.54, 1.807) is 11.3 Å². The van der Waals surface area contributed by atoms with Crippen LogP contribution in [0.1, 0.15) is 32.3 Å². The highest BCUT2D eigenvalue weighted by Crippen LogP contribution is 2.21. The van der Waals surface area contributed by atoms with Crippen LogP contribution >= 0.6 is 27.3 Å². The second-order valence-electron chi connectivity index (χ2n) is 3.14. The minimum absolute atomic E-state index is 0.659. The third kappa shape index (κ3) is 3.41. The van der Waals surface area contributed by atoms with Gasteiger partial charge in [0.2, 0.25) is 0 Å². The lowest BCUT2D eigenvalue weighted by Crippen LogP contribution is -2.26. The molecular formula is C10H16BrNS. The Balaban J connectivity index is 2.38. The lowest BCUT2D eigenvalue weighted by atomic mass is 10.1. The Bertz CT molecular complexity index is 243. The van der Waals surface area contributed by atoms with Gasteiger partial charge in [-0.05, 0) is 39.7 Å². The molecule has 1 aromatic heterocycles. The van der Waals surface area contributed by atoms with Crippen LogP contribution in [0, 0.1) is 0 Å². The molecule has 0 saturated carbocycles. The van der Waals surface area contributed by atoms with E-state index in [9.17, 15) is 0 Å². The summed E-state index contributed by atoms with van der Waals surface area (Å²) in [7, 11) is 0. The van der Waals surface area contributed by atoms with Crippen molar-refractivity contribution in [1.82, 2.24) is 5.32 Å². The molecule has 1 heterocycles. The van der Waals surface area contributed by atoms with E-state index in [1.807, 2.05) is 0 Å². The van der Waals surface area contributed by atoms with Gasteiger partial charge < -0.3 is 5.32 Å². The lowest BCUT2D eigenvalue weighted by Gasteiger charge is -2.13. The molecule has 0 bridgehead atoms. The van der Waals surface area contributed by atoms with Crippen molar-refractivity contribution < 1.29 is 0 Å². The van der Waals surface area contributed by atoms with E-state index in [0.29, 0.717) is 6.04 Å². The van der Waals surface area contributed by atoms with Crippen LogP contribution in [0.25, 0.3) is 0 Å². The molecule has 1 aromatic rings. The van der Waals surface area contributed by atoms with Crippen molar-refractivity contribution in [2.45, 2.75) is 39.3 Å². The SMILES string of the molecule is CCC(CC)NCc1cscc1Br. The first kappa shape index (κ1) is 11.2. The van der Waals surface area contributed by atoms with Crippen LogP contribution in [0.4, 0.5) is 0 Å². The Kier molecular flexibility index (Phi) is 4.99. The molecule has 0 aliphatic heterocycles. The van der Waals surface area contributed by atoms with E-state index in [2.05, 4.69) is 45.9 Å². The highest BCUT2D eigenvalue weighted by atomic mass is 79.9. The fraction of sp³-hybridized carbons (Fsp3) is 0.600. The maximum atomic E-state index is 3.54. The minimum atomic E-state index is 0.659. The summed E-state index contributed by atoms with van der Waals surface area (Å²) in [5, 5.41) is 7.86. The smallest absolute Gasteiger partial charge is 0.0327 e. The van der Waals surface area contributed by atoms with Gasteiger partial charge in [-0.1, -0.05) is 13.8 Å². The molecule has 0 aromatic carbocycles. The van der Waals surface area contributed by atoms with Crippen LogP contribution in [0.5, 0.6) is 0 Å². The predicted molar refractivity (Wildman–Crippen MR) is 63.2 cm³/mol. The Hall–Kier alpha value is 0.140. The Morgan fingerprint density at radius 2 is 2.08 bits per heavy atom. The van der Waals surface area contributed by atoms with Gasteiger partial charge in [0.1, 0.15) is 0 Å². The second kappa shape index (κ2) is 5.78. The highest BCUT2D eigenvalue weighted by molar-refractivity contribution is 9.10. The number of thiophene rings is 1. The van der Waals surface area contributed by atoms with Crippen molar-refractivity contribution in [3.05, 3.63) is 20.8 Å². The molecule has 0 saturated heterocycles. The maximum absolute atomic E-state index is 3.54. The zero-order valence-electron chi connectivity index (χ0n) is 8.14. The molecule has 13 heavy (non-hydrogen) atoms. The van der Waals surface area contributed by atoms with Gasteiger partial charge in [-0.25, -0.2) is 0 Å². The van der Waals surface area contributed by atoms with Crippen molar-refractivity contribution in [1.29, 1.82) is 0 Å². The fourth-order valence-corrected chi connectivity index (χ4v) is 2.71. The standard InChI is InChI=1S/C10H16BrNS/c1-3-9(4-2)12-5-8-6-13-7-10(8)11/h6-7,9,12H,3-5H2,1-2H3. The molecule has 0 aliphatic rings. The molecule has 0 atom stereocenters. The molecule has 1 rings (SSSR count). The van der Waals surface area contributed by atoms with Crippen molar-refractivity contribution in [3.63, 3.8) is 0 Å². The van der Waals surface area contributed by atoms with E-state index >= 15 is 0 Å². The molecule has 0 fully saturated rings. The van der Waals surface area contributed by atoms with Gasteiger partial charge in [0.15, 0.2) is 0 Å². The van der Waals surface area contributed by atoms with Gasteiger partial charge in [0.05, 0.1) is 0 Å². The molecule has 0 aliphatic carbocycles. The normalized spacial score (nSPS) is 11.1. The summed E-state index contributed by atoms with van der Waals surface area (Å²) < 4.78 is 1.23. The number of rotatable bonds is 5. The topological polar surface area (TPSA) is 12.0 Å². The largest absolute Gasteiger partial charge is 0.310 e. The van der Waals surface area contributed by atoms with Crippen molar-refractivity contribution in [3.8, 4) is 0 Å². The zero-order chi connectivity index (χ0) is 9.68. The van der Waals surface area contributed by atoms with Crippen LogP contribution < -0.4 is 5.32 Å². The maximum Gasteiger partial charge on any atom is 0.0327 e. The predicted octanol–water partition coefficient (Wildman–Crippen LogP) is 3.79. The van der Waals surface area contributed by atoms with Crippen LogP contribution in [-0.4, -0.2) is 6.04 Å². The Morgan fingerprint density at radius 3 is 2.54 bits per heavy atom. The van der Waals surface area contributed by atoms with Gasteiger partial charge in [-0.2, -0.15) is 11.3 Å². The summed E-state index contributed by atoms with van der Waals surface area (Å²) in [6.07, 6.45) is 2.41. The molecule has 0 amide bonds. The molecule has 0 radical (unpaired) electrons. The van der Waals surface area contributed by atoms with Crippen molar-refractivity contribution >= 4 is 27.3 Å². The second-order valence-corrected chi connectivity index (χ2v) is 4.74. The van der Waals surface area contributed by atoms with E-state index in [1.165, 1.54) is 22.9 Å². The number of halogens is 1. The van der Waals surface area contributed by atoms with Gasteiger partial charge in [0, 0.05) is 22.4 Å². The lowest BCUT2D eigenvalue weighted by molar-refractivity contribution is 0.484.